The molecule has 1 saturated heterocycles. The summed E-state index contributed by atoms with van der Waals surface area (Å²) in [5.41, 5.74) is 3.71. The second-order valence-corrected chi connectivity index (χ2v) is 11.5. The first-order valence-corrected chi connectivity index (χ1v) is 13.5. The highest BCUT2D eigenvalue weighted by Gasteiger charge is 2.36. The van der Waals surface area contributed by atoms with Gasteiger partial charge < -0.3 is 25.0 Å². The molecule has 2 aromatic carbocycles. The van der Waals surface area contributed by atoms with Crippen molar-refractivity contribution < 1.29 is 24.2 Å². The van der Waals surface area contributed by atoms with Crippen LogP contribution in [0, 0.1) is 0 Å². The Bertz CT molecular complexity index is 1450. The summed E-state index contributed by atoms with van der Waals surface area (Å²) in [6, 6.07) is 12.4. The third-order valence-electron chi connectivity index (χ3n) is 7.27. The Balaban J connectivity index is 1.28. The van der Waals surface area contributed by atoms with Crippen molar-refractivity contribution in [1.82, 2.24) is 15.2 Å². The normalized spacial score (nSPS) is 19.8. The SMILES string of the molecule is CC1(C)Cc2nc(N3CCOc4ccc(-c5ccc(C(=O)N6CCC[C@@H]6C(=O)O)cc5)cc43)sc2C(=O)N1. The standard InChI is InChI=1S/C28H28N4O5S/c1-28(2)15-19-23(24(33)30-28)38-27(29-19)32-12-13-37-22-10-9-18(14-21(22)32)16-5-7-17(8-6-16)25(34)31-11-3-4-20(31)26(35)36/h5-10,14,20H,3-4,11-13,15H2,1-2H3,(H,30,33)(H,35,36)/t20-/m1/s1. The molecular weight excluding hydrogens is 504 g/mol. The molecule has 0 unspecified atom stereocenters. The van der Waals surface area contributed by atoms with Crippen LogP contribution in [0.3, 0.4) is 0 Å². The monoisotopic (exact) mass is 532 g/mol. The van der Waals surface area contributed by atoms with Crippen molar-refractivity contribution in [1.29, 1.82) is 0 Å². The van der Waals surface area contributed by atoms with Crippen molar-refractivity contribution in [3.63, 3.8) is 0 Å². The molecule has 1 fully saturated rings. The summed E-state index contributed by atoms with van der Waals surface area (Å²) in [6.07, 6.45) is 1.86. The maximum Gasteiger partial charge on any atom is 0.326 e. The molecule has 0 radical (unpaired) electrons. The molecule has 196 valence electrons. The van der Waals surface area contributed by atoms with E-state index in [1.165, 1.54) is 16.2 Å². The number of benzene rings is 2. The van der Waals surface area contributed by atoms with Gasteiger partial charge >= 0.3 is 5.97 Å². The smallest absolute Gasteiger partial charge is 0.326 e. The Kier molecular flexibility index (Phi) is 5.86. The lowest BCUT2D eigenvalue weighted by atomic mass is 9.94. The van der Waals surface area contributed by atoms with Crippen LogP contribution in [-0.4, -0.2) is 64.1 Å². The zero-order chi connectivity index (χ0) is 26.6. The summed E-state index contributed by atoms with van der Waals surface area (Å²) < 4.78 is 5.92. The van der Waals surface area contributed by atoms with Gasteiger partial charge in [-0.1, -0.05) is 29.5 Å². The van der Waals surface area contributed by atoms with Crippen LogP contribution >= 0.6 is 11.3 Å². The van der Waals surface area contributed by atoms with Crippen LogP contribution in [0.5, 0.6) is 5.75 Å². The van der Waals surface area contributed by atoms with E-state index in [0.717, 1.165) is 33.4 Å². The summed E-state index contributed by atoms with van der Waals surface area (Å²) in [5, 5.41) is 13.2. The van der Waals surface area contributed by atoms with E-state index in [4.69, 9.17) is 9.72 Å². The molecule has 0 saturated carbocycles. The van der Waals surface area contributed by atoms with E-state index >= 15 is 0 Å². The number of carboxylic acids is 1. The van der Waals surface area contributed by atoms with Gasteiger partial charge in [-0.2, -0.15) is 0 Å². The van der Waals surface area contributed by atoms with Crippen LogP contribution in [0.4, 0.5) is 10.8 Å². The molecule has 2 N–H and O–H groups in total. The second kappa shape index (κ2) is 9.13. The van der Waals surface area contributed by atoms with Crippen molar-refractivity contribution in [2.24, 2.45) is 0 Å². The highest BCUT2D eigenvalue weighted by Crippen LogP contribution is 2.42. The average molecular weight is 533 g/mol. The number of thiazole rings is 1. The first kappa shape index (κ1) is 24.4. The van der Waals surface area contributed by atoms with Gasteiger partial charge in [-0.05, 0) is 62.1 Å². The molecular formula is C28H28N4O5S. The number of likely N-dealkylation sites (tertiary alicyclic amines) is 1. The van der Waals surface area contributed by atoms with Gasteiger partial charge in [0.05, 0.1) is 17.9 Å². The summed E-state index contributed by atoms with van der Waals surface area (Å²) in [6.45, 7) is 5.58. The fraction of sp³-hybridized carbons (Fsp3) is 0.357. The Hall–Kier alpha value is -3.92. The predicted molar refractivity (Wildman–Crippen MR) is 143 cm³/mol. The zero-order valence-corrected chi connectivity index (χ0v) is 22.0. The number of aliphatic carboxylic acids is 1. The number of carbonyl (C=O) groups excluding carboxylic acids is 2. The van der Waals surface area contributed by atoms with Gasteiger partial charge in [0.2, 0.25) is 0 Å². The number of nitrogens with one attached hydrogen (secondary N) is 1. The molecule has 3 aliphatic heterocycles. The minimum absolute atomic E-state index is 0.0829. The molecule has 1 atom stereocenters. The highest BCUT2D eigenvalue weighted by atomic mass is 32.1. The maximum absolute atomic E-state index is 13.0. The summed E-state index contributed by atoms with van der Waals surface area (Å²) in [4.78, 5) is 46.2. The van der Waals surface area contributed by atoms with E-state index in [0.29, 0.717) is 49.4 Å². The number of ether oxygens (including phenoxy) is 1. The van der Waals surface area contributed by atoms with Crippen molar-refractivity contribution >= 4 is 39.9 Å². The average Bonchev–Trinajstić information content (AvgIpc) is 3.55. The summed E-state index contributed by atoms with van der Waals surface area (Å²) in [5.74, 6) is -0.552. The molecule has 4 heterocycles. The lowest BCUT2D eigenvalue weighted by Gasteiger charge is -2.30. The Morgan fingerprint density at radius 3 is 2.66 bits per heavy atom. The van der Waals surface area contributed by atoms with Gasteiger partial charge in [-0.3, -0.25) is 9.59 Å². The number of carboxylic acid groups (broad SMARTS) is 1. The highest BCUT2D eigenvalue weighted by molar-refractivity contribution is 7.17. The molecule has 9 nitrogen and oxygen atoms in total. The first-order valence-electron chi connectivity index (χ1n) is 12.7. The fourth-order valence-corrected chi connectivity index (χ4v) is 6.43. The maximum atomic E-state index is 13.0. The van der Waals surface area contributed by atoms with E-state index < -0.39 is 12.0 Å². The van der Waals surface area contributed by atoms with E-state index in [1.807, 2.05) is 44.2 Å². The molecule has 10 heteroatoms. The van der Waals surface area contributed by atoms with Crippen LogP contribution in [0.25, 0.3) is 11.1 Å². The Morgan fingerprint density at radius 2 is 1.89 bits per heavy atom. The number of aromatic nitrogens is 1. The van der Waals surface area contributed by atoms with Gasteiger partial charge in [0.1, 0.15) is 23.3 Å². The van der Waals surface area contributed by atoms with Crippen molar-refractivity contribution in [3.05, 3.63) is 58.6 Å². The Labute approximate surface area is 224 Å². The largest absolute Gasteiger partial charge is 0.490 e. The van der Waals surface area contributed by atoms with Gasteiger partial charge in [-0.15, -0.1) is 0 Å². The van der Waals surface area contributed by atoms with Crippen molar-refractivity contribution in [3.8, 4) is 16.9 Å². The molecule has 3 aromatic rings. The first-order chi connectivity index (χ1) is 18.2. The van der Waals surface area contributed by atoms with E-state index in [1.54, 1.807) is 12.1 Å². The number of hydrogen-bond acceptors (Lipinski definition) is 7. The van der Waals surface area contributed by atoms with E-state index in [2.05, 4.69) is 10.2 Å². The number of carbonyl (C=O) groups is 3. The van der Waals surface area contributed by atoms with Crippen LogP contribution in [0.1, 0.15) is 52.4 Å². The van der Waals surface area contributed by atoms with E-state index in [9.17, 15) is 19.5 Å². The van der Waals surface area contributed by atoms with Crippen LogP contribution < -0.4 is 15.0 Å². The number of anilines is 2. The third kappa shape index (κ3) is 4.28. The molecule has 1 aromatic heterocycles. The third-order valence-corrected chi connectivity index (χ3v) is 8.39. The summed E-state index contributed by atoms with van der Waals surface area (Å²) >= 11 is 1.40. The fourth-order valence-electron chi connectivity index (χ4n) is 5.41. The van der Waals surface area contributed by atoms with Crippen LogP contribution in [-0.2, 0) is 11.2 Å². The van der Waals surface area contributed by atoms with Crippen molar-refractivity contribution in [2.45, 2.75) is 44.7 Å². The quantitative estimate of drug-likeness (QED) is 0.520. The molecule has 3 aliphatic rings. The minimum atomic E-state index is -0.960. The lowest BCUT2D eigenvalue weighted by molar-refractivity contribution is -0.141. The molecule has 0 aliphatic carbocycles. The lowest BCUT2D eigenvalue weighted by Crippen LogP contribution is -2.48. The van der Waals surface area contributed by atoms with Gasteiger partial charge in [0.15, 0.2) is 5.13 Å². The molecule has 0 bridgehead atoms. The number of fused-ring (bicyclic) bond motifs is 2. The number of nitrogens with zero attached hydrogens (tertiary/aromatic N) is 3. The van der Waals surface area contributed by atoms with E-state index in [-0.39, 0.29) is 17.4 Å². The van der Waals surface area contributed by atoms with Gasteiger partial charge in [0, 0.05) is 24.1 Å². The molecule has 0 spiro atoms. The van der Waals surface area contributed by atoms with Crippen LogP contribution in [0.15, 0.2) is 42.5 Å². The summed E-state index contributed by atoms with van der Waals surface area (Å²) in [7, 11) is 0. The number of rotatable bonds is 4. The van der Waals surface area contributed by atoms with Crippen molar-refractivity contribution in [2.75, 3.05) is 24.6 Å². The number of hydrogen-bond donors (Lipinski definition) is 2. The predicted octanol–water partition coefficient (Wildman–Crippen LogP) is 4.09. The molecule has 2 amide bonds. The molecule has 6 rings (SSSR count). The second-order valence-electron chi connectivity index (χ2n) is 10.5. The van der Waals surface area contributed by atoms with Gasteiger partial charge in [0.25, 0.3) is 11.8 Å². The molecule has 38 heavy (non-hydrogen) atoms. The zero-order valence-electron chi connectivity index (χ0n) is 21.2. The minimum Gasteiger partial charge on any atom is -0.490 e. The Morgan fingerprint density at radius 1 is 1.13 bits per heavy atom. The van der Waals surface area contributed by atoms with Gasteiger partial charge in [-0.25, -0.2) is 9.78 Å². The number of amides is 2. The topological polar surface area (TPSA) is 112 Å². The van der Waals surface area contributed by atoms with Crippen LogP contribution in [0.2, 0.25) is 0 Å².